The summed E-state index contributed by atoms with van der Waals surface area (Å²) in [4.78, 5) is 62.7. The zero-order valence-electron chi connectivity index (χ0n) is 35.3. The van der Waals surface area contributed by atoms with E-state index in [4.69, 9.17) is 18.9 Å². The molecule has 4 aliphatic rings. The molecule has 0 radical (unpaired) electrons. The molecular formula is C43H55F4N3O10S. The number of ether oxygens (including phenoxy) is 4. The summed E-state index contributed by atoms with van der Waals surface area (Å²) in [6.45, 7) is 5.92. The number of carbonyl (C=O) groups excluding carboxylic acids is 4. The number of Topliss-reactive ketones (excluding diaryl/α,β-unsaturated/α-hetero) is 1. The maximum absolute atomic E-state index is 14.9. The Morgan fingerprint density at radius 3 is 2.44 bits per heavy atom. The number of methoxy groups -OCH3 is 1. The van der Waals surface area contributed by atoms with Crippen LogP contribution in [0.3, 0.4) is 0 Å². The van der Waals surface area contributed by atoms with E-state index in [1.54, 1.807) is 31.2 Å². The number of fused-ring (bicyclic) bond motifs is 3. The number of pyridine rings is 1. The first kappa shape index (κ1) is 46.0. The molecule has 3 fully saturated rings. The third kappa shape index (κ3) is 9.48. The number of hydrogen-bond acceptors (Lipinski definition) is 11. The standard InChI is InChI=1S/C43H55F4N3O10S/c1-7-58-35-22-48-37(30-13-12-28(57-6)17-32(30)35)59-29-18-33-34(51)21-42(39(54)49-61(55,56)41(24-44)14-15-41)20-27(42)11-9-8-10-25(2)16-26(3)31(38(53)50(33)23-29)19-36(52)60-40(4,5)43(45,46)47/h9,11-13,17,22,25-27,29,31,33H,7-8,10,14-16,18-21,23-24H2,1-6H3,(H,49,54)/b11-9-/t25-,26-,27-,29-,31+,33+,42-/m1/s1. The van der Waals surface area contributed by atoms with Crippen molar-refractivity contribution < 1.29 is 64.1 Å². The van der Waals surface area contributed by atoms with E-state index in [1.165, 1.54) is 18.2 Å². The number of amides is 2. The van der Waals surface area contributed by atoms with Crippen LogP contribution in [-0.2, 0) is 33.9 Å². The predicted octanol–water partition coefficient (Wildman–Crippen LogP) is 6.81. The molecule has 61 heavy (non-hydrogen) atoms. The minimum atomic E-state index is -4.89. The first-order chi connectivity index (χ1) is 28.6. The highest BCUT2D eigenvalue weighted by molar-refractivity contribution is 7.91. The van der Waals surface area contributed by atoms with Crippen LogP contribution in [0.25, 0.3) is 10.8 Å². The Hall–Kier alpha value is -4.48. The summed E-state index contributed by atoms with van der Waals surface area (Å²) in [7, 11) is -2.91. The Kier molecular flexibility index (Phi) is 13.1. The SMILES string of the molecule is CCOc1cnc(O[C@@H]2C[C@H]3C(=O)C[C@]4(C(=O)NS(=O)(=O)C5(CF)CC5)C[C@H]4/C=C\CC[C@@H](C)C[C@@H](C)[C@H](CC(=O)OC(C)(C)C(F)(F)F)C(=O)N3C2)c2ccc(OC)cc12. The molecule has 0 unspecified atom stereocenters. The van der Waals surface area contributed by atoms with E-state index in [1.807, 2.05) is 19.9 Å². The number of nitrogens with zero attached hydrogens (tertiary/aromatic N) is 2. The summed E-state index contributed by atoms with van der Waals surface area (Å²) in [5.41, 5.74) is -4.36. The second-order valence-electron chi connectivity index (χ2n) is 17.7. The number of allylic oxidation sites excluding steroid dienone is 2. The molecule has 1 aromatic heterocycles. The summed E-state index contributed by atoms with van der Waals surface area (Å²) >= 11 is 0. The molecule has 0 bridgehead atoms. The van der Waals surface area contributed by atoms with Crippen LogP contribution < -0.4 is 18.9 Å². The van der Waals surface area contributed by atoms with Crippen LogP contribution >= 0.6 is 0 Å². The van der Waals surface area contributed by atoms with Gasteiger partial charge in [-0.05, 0) is 95.2 Å². The lowest BCUT2D eigenvalue weighted by atomic mass is 9.82. The van der Waals surface area contributed by atoms with Gasteiger partial charge in [0.05, 0.1) is 50.3 Å². The van der Waals surface area contributed by atoms with Crippen molar-refractivity contribution in [2.45, 2.75) is 121 Å². The number of carbonyl (C=O) groups is 4. The lowest BCUT2D eigenvalue weighted by molar-refractivity contribution is -0.257. The number of nitrogens with one attached hydrogen (secondary N) is 1. The number of aromatic nitrogens is 1. The van der Waals surface area contributed by atoms with Crippen LogP contribution in [0, 0.1) is 29.1 Å². The monoisotopic (exact) mass is 881 g/mol. The van der Waals surface area contributed by atoms with Gasteiger partial charge in [-0.1, -0.05) is 26.0 Å². The van der Waals surface area contributed by atoms with E-state index in [0.717, 1.165) is 13.8 Å². The van der Waals surface area contributed by atoms with Gasteiger partial charge < -0.3 is 23.8 Å². The Bertz CT molecular complexity index is 2160. The molecule has 2 amide bonds. The average molecular weight is 882 g/mol. The van der Waals surface area contributed by atoms with Crippen molar-refractivity contribution in [3.05, 3.63) is 36.5 Å². The van der Waals surface area contributed by atoms with Gasteiger partial charge in [0.2, 0.25) is 33.3 Å². The molecule has 1 saturated heterocycles. The van der Waals surface area contributed by atoms with Crippen molar-refractivity contribution >= 4 is 44.4 Å². The fourth-order valence-electron chi connectivity index (χ4n) is 8.62. The van der Waals surface area contributed by atoms with Gasteiger partial charge in [-0.25, -0.2) is 17.8 Å². The maximum atomic E-state index is 14.9. The highest BCUT2D eigenvalue weighted by Crippen LogP contribution is 2.58. The highest BCUT2D eigenvalue weighted by Gasteiger charge is 2.63. The number of halogens is 4. The Balaban J connectivity index is 1.37. The largest absolute Gasteiger partial charge is 0.497 e. The molecule has 13 nitrogen and oxygen atoms in total. The van der Waals surface area contributed by atoms with E-state index in [0.29, 0.717) is 48.1 Å². The third-order valence-corrected chi connectivity index (χ3v) is 15.0. The van der Waals surface area contributed by atoms with E-state index < -0.39 is 105 Å². The fourth-order valence-corrected chi connectivity index (χ4v) is 10.1. The molecule has 2 aliphatic heterocycles. The van der Waals surface area contributed by atoms with Gasteiger partial charge in [-0.2, -0.15) is 13.2 Å². The predicted molar refractivity (Wildman–Crippen MR) is 215 cm³/mol. The molecule has 0 spiro atoms. The first-order valence-electron chi connectivity index (χ1n) is 20.8. The van der Waals surface area contributed by atoms with Crippen molar-refractivity contribution in [3.8, 4) is 17.4 Å². The summed E-state index contributed by atoms with van der Waals surface area (Å²) in [5.74, 6) is -4.61. The molecule has 3 heterocycles. The number of alkyl halides is 4. The zero-order valence-corrected chi connectivity index (χ0v) is 36.1. The fraction of sp³-hybridized carbons (Fsp3) is 0.651. The third-order valence-electron chi connectivity index (χ3n) is 12.9. The van der Waals surface area contributed by atoms with Gasteiger partial charge >= 0.3 is 12.1 Å². The van der Waals surface area contributed by atoms with Crippen LogP contribution in [0.15, 0.2) is 36.5 Å². The number of ketones is 1. The number of esters is 1. The number of benzene rings is 1. The van der Waals surface area contributed by atoms with Crippen LogP contribution in [0.2, 0.25) is 0 Å². The normalized spacial score (nSPS) is 28.7. The van der Waals surface area contributed by atoms with Crippen LogP contribution in [0.1, 0.15) is 92.4 Å². The second kappa shape index (κ2) is 17.4. The molecule has 1 N–H and O–H groups in total. The zero-order chi connectivity index (χ0) is 44.7. The molecule has 336 valence electrons. The Labute approximate surface area is 353 Å². The number of sulfonamides is 1. The molecule has 6 rings (SSSR count). The molecule has 7 atom stereocenters. The van der Waals surface area contributed by atoms with E-state index in [-0.39, 0.29) is 44.0 Å². The molecular weight excluding hydrogens is 827 g/mol. The maximum Gasteiger partial charge on any atom is 0.427 e. The Morgan fingerprint density at radius 2 is 1.80 bits per heavy atom. The number of hydrogen-bond donors (Lipinski definition) is 1. The quantitative estimate of drug-likeness (QED) is 0.135. The van der Waals surface area contributed by atoms with Gasteiger partial charge in [0, 0.05) is 23.6 Å². The smallest absolute Gasteiger partial charge is 0.427 e. The van der Waals surface area contributed by atoms with Gasteiger partial charge in [0.1, 0.15) is 29.0 Å². The topological polar surface area (TPSA) is 167 Å². The minimum Gasteiger partial charge on any atom is -0.497 e. The molecule has 2 aliphatic carbocycles. The van der Waals surface area contributed by atoms with Crippen LogP contribution in [0.5, 0.6) is 17.4 Å². The van der Waals surface area contributed by atoms with Gasteiger partial charge in [0.15, 0.2) is 5.78 Å². The molecule has 2 saturated carbocycles. The highest BCUT2D eigenvalue weighted by atomic mass is 32.2. The summed E-state index contributed by atoms with van der Waals surface area (Å²) in [6, 6.07) is 3.92. The van der Waals surface area contributed by atoms with Gasteiger partial charge in [-0.3, -0.25) is 23.9 Å². The van der Waals surface area contributed by atoms with Crippen molar-refractivity contribution in [3.63, 3.8) is 0 Å². The molecule has 1 aromatic carbocycles. The van der Waals surface area contributed by atoms with E-state index >= 15 is 0 Å². The summed E-state index contributed by atoms with van der Waals surface area (Å²) in [5, 5.41) is 1.15. The molecule has 2 aromatic rings. The van der Waals surface area contributed by atoms with Crippen molar-refractivity contribution in [1.29, 1.82) is 0 Å². The summed E-state index contributed by atoms with van der Waals surface area (Å²) in [6.07, 6.45) is -0.140. The van der Waals surface area contributed by atoms with E-state index in [9.17, 15) is 45.2 Å². The van der Waals surface area contributed by atoms with Crippen LogP contribution in [0.4, 0.5) is 17.6 Å². The Morgan fingerprint density at radius 1 is 1.08 bits per heavy atom. The number of rotatable bonds is 12. The van der Waals surface area contributed by atoms with Crippen molar-refractivity contribution in [2.24, 2.45) is 29.1 Å². The average Bonchev–Trinajstić information content (AvgIpc) is 4.10. The lowest BCUT2D eigenvalue weighted by Crippen LogP contribution is -2.49. The van der Waals surface area contributed by atoms with E-state index in [2.05, 4.69) is 9.71 Å². The summed E-state index contributed by atoms with van der Waals surface area (Å²) < 4.78 is 105. The minimum absolute atomic E-state index is 0.0275. The second-order valence-corrected chi connectivity index (χ2v) is 19.8. The van der Waals surface area contributed by atoms with Gasteiger partial charge in [0.25, 0.3) is 0 Å². The van der Waals surface area contributed by atoms with Crippen molar-refractivity contribution in [1.82, 2.24) is 14.6 Å². The molecule has 18 heteroatoms. The van der Waals surface area contributed by atoms with Gasteiger partial charge in [-0.15, -0.1) is 0 Å². The first-order valence-corrected chi connectivity index (χ1v) is 22.3. The van der Waals surface area contributed by atoms with Crippen molar-refractivity contribution in [2.75, 3.05) is 26.9 Å². The van der Waals surface area contributed by atoms with Crippen LogP contribution in [-0.4, -0.2) is 97.5 Å². The lowest BCUT2D eigenvalue weighted by Gasteiger charge is -2.33.